The van der Waals surface area contributed by atoms with E-state index in [9.17, 15) is 0 Å². The van der Waals surface area contributed by atoms with Gasteiger partial charge in [-0.05, 0) is 30.6 Å². The van der Waals surface area contributed by atoms with Crippen LogP contribution < -0.4 is 5.32 Å². The lowest BCUT2D eigenvalue weighted by Crippen LogP contribution is -2.42. The summed E-state index contributed by atoms with van der Waals surface area (Å²) in [7, 11) is -1.52. The normalized spacial score (nSPS) is 13.6. The SMILES string of the molecule is CC(C)CNCCO[Si](C)(C)C(C)(C)C. The van der Waals surface area contributed by atoms with Gasteiger partial charge in [0.1, 0.15) is 0 Å². The summed E-state index contributed by atoms with van der Waals surface area (Å²) in [6.45, 7) is 18.8. The van der Waals surface area contributed by atoms with Gasteiger partial charge < -0.3 is 9.74 Å². The summed E-state index contributed by atoms with van der Waals surface area (Å²) in [5.41, 5.74) is 0. The standard InChI is InChI=1S/C12H29NOSi/c1-11(2)10-13-8-9-14-15(6,7)12(3,4)5/h11,13H,8-10H2,1-7H3. The van der Waals surface area contributed by atoms with Gasteiger partial charge in [0.25, 0.3) is 0 Å². The molecule has 0 radical (unpaired) electrons. The molecule has 92 valence electrons. The summed E-state index contributed by atoms with van der Waals surface area (Å²) >= 11 is 0. The van der Waals surface area contributed by atoms with Crippen LogP contribution in [0.2, 0.25) is 18.1 Å². The molecule has 0 aliphatic heterocycles. The van der Waals surface area contributed by atoms with Gasteiger partial charge in [-0.3, -0.25) is 0 Å². The molecule has 0 aliphatic rings. The second kappa shape index (κ2) is 6.02. The Balaban J connectivity index is 3.68. The molecule has 0 bridgehead atoms. The third kappa shape index (κ3) is 6.33. The smallest absolute Gasteiger partial charge is 0.192 e. The van der Waals surface area contributed by atoms with Crippen LogP contribution in [0, 0.1) is 5.92 Å². The highest BCUT2D eigenvalue weighted by Crippen LogP contribution is 2.36. The van der Waals surface area contributed by atoms with E-state index in [2.05, 4.69) is 53.0 Å². The number of hydrogen-bond acceptors (Lipinski definition) is 2. The van der Waals surface area contributed by atoms with Crippen LogP contribution >= 0.6 is 0 Å². The third-order valence-corrected chi connectivity index (χ3v) is 7.64. The van der Waals surface area contributed by atoms with Crippen molar-refractivity contribution in [1.82, 2.24) is 5.32 Å². The fraction of sp³-hybridized carbons (Fsp3) is 1.00. The first kappa shape index (κ1) is 15.1. The Morgan fingerprint density at radius 2 is 1.73 bits per heavy atom. The zero-order chi connectivity index (χ0) is 12.1. The van der Waals surface area contributed by atoms with Crippen molar-refractivity contribution in [2.75, 3.05) is 19.7 Å². The highest BCUT2D eigenvalue weighted by molar-refractivity contribution is 6.74. The van der Waals surface area contributed by atoms with Crippen LogP contribution in [-0.2, 0) is 4.43 Å². The van der Waals surface area contributed by atoms with E-state index in [1.54, 1.807) is 0 Å². The molecule has 0 rings (SSSR count). The molecule has 0 fully saturated rings. The number of rotatable bonds is 6. The van der Waals surface area contributed by atoms with Crippen molar-refractivity contribution in [3.63, 3.8) is 0 Å². The van der Waals surface area contributed by atoms with Crippen LogP contribution in [0.1, 0.15) is 34.6 Å². The van der Waals surface area contributed by atoms with Crippen molar-refractivity contribution in [2.24, 2.45) is 5.92 Å². The van der Waals surface area contributed by atoms with E-state index in [1.807, 2.05) is 0 Å². The molecule has 0 heterocycles. The molecule has 0 spiro atoms. The summed E-state index contributed by atoms with van der Waals surface area (Å²) in [6, 6.07) is 0. The Bertz CT molecular complexity index is 173. The average Bonchev–Trinajstić information content (AvgIpc) is 2.00. The fourth-order valence-electron chi connectivity index (χ4n) is 0.986. The largest absolute Gasteiger partial charge is 0.416 e. The highest BCUT2D eigenvalue weighted by atomic mass is 28.4. The lowest BCUT2D eigenvalue weighted by Gasteiger charge is -2.36. The Hall–Kier alpha value is 0.137. The first-order chi connectivity index (χ1) is 6.67. The van der Waals surface area contributed by atoms with E-state index in [0.717, 1.165) is 25.6 Å². The Morgan fingerprint density at radius 1 is 1.20 bits per heavy atom. The van der Waals surface area contributed by atoms with Crippen LogP contribution in [0.5, 0.6) is 0 Å². The highest BCUT2D eigenvalue weighted by Gasteiger charge is 2.36. The predicted molar refractivity (Wildman–Crippen MR) is 70.9 cm³/mol. The molecule has 0 unspecified atom stereocenters. The summed E-state index contributed by atoms with van der Waals surface area (Å²) in [5, 5.41) is 3.73. The molecular weight excluding hydrogens is 202 g/mol. The van der Waals surface area contributed by atoms with Crippen molar-refractivity contribution in [1.29, 1.82) is 0 Å². The fourth-order valence-corrected chi connectivity index (χ4v) is 2.03. The quantitative estimate of drug-likeness (QED) is 0.560. The maximum absolute atomic E-state index is 6.05. The molecular formula is C12H29NOSi. The molecule has 0 aromatic heterocycles. The molecule has 15 heavy (non-hydrogen) atoms. The maximum atomic E-state index is 6.05. The second-order valence-electron chi connectivity index (χ2n) is 6.21. The lowest BCUT2D eigenvalue weighted by molar-refractivity contribution is 0.284. The van der Waals surface area contributed by atoms with Crippen molar-refractivity contribution < 1.29 is 4.43 Å². The Labute approximate surface area is 96.9 Å². The average molecular weight is 231 g/mol. The minimum Gasteiger partial charge on any atom is -0.416 e. The van der Waals surface area contributed by atoms with Crippen LogP contribution in [0.15, 0.2) is 0 Å². The van der Waals surface area contributed by atoms with Gasteiger partial charge in [0.05, 0.1) is 0 Å². The Morgan fingerprint density at radius 3 is 2.13 bits per heavy atom. The number of hydrogen-bond donors (Lipinski definition) is 1. The van der Waals surface area contributed by atoms with Gasteiger partial charge in [0.15, 0.2) is 8.32 Å². The molecule has 0 saturated carbocycles. The monoisotopic (exact) mass is 231 g/mol. The van der Waals surface area contributed by atoms with E-state index < -0.39 is 8.32 Å². The molecule has 0 amide bonds. The number of nitrogens with one attached hydrogen (secondary N) is 1. The van der Waals surface area contributed by atoms with Gasteiger partial charge in [0, 0.05) is 13.2 Å². The van der Waals surface area contributed by atoms with Gasteiger partial charge in [-0.25, -0.2) is 0 Å². The van der Waals surface area contributed by atoms with Gasteiger partial charge in [-0.15, -0.1) is 0 Å². The molecule has 0 aliphatic carbocycles. The second-order valence-corrected chi connectivity index (χ2v) is 11.0. The van der Waals surface area contributed by atoms with Gasteiger partial charge in [-0.1, -0.05) is 34.6 Å². The molecule has 0 saturated heterocycles. The van der Waals surface area contributed by atoms with Crippen molar-refractivity contribution in [3.05, 3.63) is 0 Å². The van der Waals surface area contributed by atoms with Gasteiger partial charge >= 0.3 is 0 Å². The molecule has 3 heteroatoms. The first-order valence-corrected chi connectivity index (χ1v) is 8.92. The third-order valence-electron chi connectivity index (χ3n) is 3.10. The topological polar surface area (TPSA) is 21.3 Å². The van der Waals surface area contributed by atoms with Crippen molar-refractivity contribution >= 4 is 8.32 Å². The predicted octanol–water partition coefficient (Wildman–Crippen LogP) is 3.25. The van der Waals surface area contributed by atoms with Crippen LogP contribution in [0.3, 0.4) is 0 Å². The van der Waals surface area contributed by atoms with E-state index in [1.165, 1.54) is 0 Å². The van der Waals surface area contributed by atoms with Crippen LogP contribution in [0.4, 0.5) is 0 Å². The maximum Gasteiger partial charge on any atom is 0.192 e. The summed E-state index contributed by atoms with van der Waals surface area (Å²) in [4.78, 5) is 0. The zero-order valence-corrected chi connectivity index (χ0v) is 12.6. The lowest BCUT2D eigenvalue weighted by atomic mass is 10.2. The molecule has 0 atom stereocenters. The zero-order valence-electron chi connectivity index (χ0n) is 11.6. The summed E-state index contributed by atoms with van der Waals surface area (Å²) < 4.78 is 6.05. The van der Waals surface area contributed by atoms with E-state index in [-0.39, 0.29) is 0 Å². The molecule has 1 N–H and O–H groups in total. The summed E-state index contributed by atoms with van der Waals surface area (Å²) in [5.74, 6) is 0.720. The molecule has 0 aromatic carbocycles. The van der Waals surface area contributed by atoms with E-state index in [4.69, 9.17) is 4.43 Å². The molecule has 2 nitrogen and oxygen atoms in total. The van der Waals surface area contributed by atoms with Crippen LogP contribution in [0.25, 0.3) is 0 Å². The molecule has 0 aromatic rings. The Kier molecular flexibility index (Phi) is 6.07. The van der Waals surface area contributed by atoms with E-state index >= 15 is 0 Å². The minimum absolute atomic E-state index is 0.324. The van der Waals surface area contributed by atoms with Crippen molar-refractivity contribution in [2.45, 2.75) is 52.8 Å². The van der Waals surface area contributed by atoms with E-state index in [0.29, 0.717) is 5.04 Å². The van der Waals surface area contributed by atoms with Crippen molar-refractivity contribution in [3.8, 4) is 0 Å². The minimum atomic E-state index is -1.52. The summed E-state index contributed by atoms with van der Waals surface area (Å²) in [6.07, 6.45) is 0. The van der Waals surface area contributed by atoms with Gasteiger partial charge in [-0.2, -0.15) is 0 Å². The van der Waals surface area contributed by atoms with Gasteiger partial charge in [0.2, 0.25) is 0 Å². The first-order valence-electron chi connectivity index (χ1n) is 6.01. The van der Waals surface area contributed by atoms with Crippen LogP contribution in [-0.4, -0.2) is 28.0 Å².